The van der Waals surface area contributed by atoms with E-state index in [0.29, 0.717) is 21.3 Å². The minimum absolute atomic E-state index is 0.0673. The van der Waals surface area contributed by atoms with Crippen LogP contribution in [-0.2, 0) is 11.0 Å². The molecule has 0 spiro atoms. The third-order valence-electron chi connectivity index (χ3n) is 3.67. The number of thioether (sulfide) groups is 1. The number of nitrogens with one attached hydrogen (secondary N) is 1. The fraction of sp³-hybridized carbons (Fsp3) is 0.105. The largest absolute Gasteiger partial charge is 0.433 e. The van der Waals surface area contributed by atoms with Gasteiger partial charge in [0.05, 0.1) is 22.2 Å². The number of carbonyl (C=O) groups is 1. The van der Waals surface area contributed by atoms with E-state index in [1.165, 1.54) is 12.1 Å². The molecular formula is C19H11Cl3F3N3OS. The molecule has 0 saturated carbocycles. The van der Waals surface area contributed by atoms with Crippen molar-refractivity contribution in [2.45, 2.75) is 11.3 Å². The molecule has 0 aliphatic carbocycles. The molecule has 3 aromatic rings. The summed E-state index contributed by atoms with van der Waals surface area (Å²) in [6.07, 6.45) is -4.67. The molecule has 0 radical (unpaired) electrons. The van der Waals surface area contributed by atoms with Gasteiger partial charge in [-0.1, -0.05) is 58.7 Å². The molecule has 0 unspecified atom stereocenters. The van der Waals surface area contributed by atoms with Crippen LogP contribution >= 0.6 is 46.6 Å². The molecule has 1 heterocycles. The van der Waals surface area contributed by atoms with Crippen LogP contribution in [0.4, 0.5) is 18.9 Å². The highest BCUT2D eigenvalue weighted by Crippen LogP contribution is 2.32. The second-order valence-electron chi connectivity index (χ2n) is 5.89. The minimum Gasteiger partial charge on any atom is -0.324 e. The third kappa shape index (κ3) is 6.01. The van der Waals surface area contributed by atoms with E-state index in [9.17, 15) is 18.0 Å². The van der Waals surface area contributed by atoms with E-state index in [1.807, 2.05) is 0 Å². The van der Waals surface area contributed by atoms with Crippen molar-refractivity contribution >= 4 is 58.2 Å². The molecule has 156 valence electrons. The summed E-state index contributed by atoms with van der Waals surface area (Å²) >= 11 is 18.4. The van der Waals surface area contributed by atoms with Crippen LogP contribution in [0.3, 0.4) is 0 Å². The molecule has 11 heteroatoms. The Morgan fingerprint density at radius 3 is 2.27 bits per heavy atom. The monoisotopic (exact) mass is 491 g/mol. The van der Waals surface area contributed by atoms with Gasteiger partial charge in [-0.3, -0.25) is 4.79 Å². The number of alkyl halides is 3. The SMILES string of the molecule is O=C(CSc1nc(-c2ccc(Cl)cc2)cc(C(F)(F)F)n1)Nc1ccc(Cl)cc1Cl. The lowest BCUT2D eigenvalue weighted by molar-refractivity contribution is -0.141. The molecule has 1 amide bonds. The highest BCUT2D eigenvalue weighted by atomic mass is 35.5. The second kappa shape index (κ2) is 9.43. The summed E-state index contributed by atoms with van der Waals surface area (Å²) in [6, 6.07) is 11.6. The zero-order chi connectivity index (χ0) is 21.9. The van der Waals surface area contributed by atoms with Gasteiger partial charge in [0, 0.05) is 15.6 Å². The van der Waals surface area contributed by atoms with Gasteiger partial charge in [0.2, 0.25) is 5.91 Å². The van der Waals surface area contributed by atoms with Crippen molar-refractivity contribution in [2.75, 3.05) is 11.1 Å². The maximum absolute atomic E-state index is 13.3. The van der Waals surface area contributed by atoms with Crippen LogP contribution in [-0.4, -0.2) is 21.6 Å². The molecule has 0 bridgehead atoms. The first kappa shape index (κ1) is 22.7. The zero-order valence-corrected chi connectivity index (χ0v) is 17.9. The summed E-state index contributed by atoms with van der Waals surface area (Å²) in [5.74, 6) is -0.710. The van der Waals surface area contributed by atoms with Crippen LogP contribution in [0.2, 0.25) is 15.1 Å². The number of aromatic nitrogens is 2. The van der Waals surface area contributed by atoms with Gasteiger partial charge >= 0.3 is 6.18 Å². The Kier molecular flexibility index (Phi) is 7.13. The number of benzene rings is 2. The van der Waals surface area contributed by atoms with E-state index < -0.39 is 17.8 Å². The number of anilines is 1. The number of hydrogen-bond acceptors (Lipinski definition) is 4. The average Bonchev–Trinajstić information content (AvgIpc) is 2.68. The summed E-state index contributed by atoms with van der Waals surface area (Å²) in [5.41, 5.74) is -0.270. The molecule has 0 aliphatic heterocycles. The Morgan fingerprint density at radius 2 is 1.63 bits per heavy atom. The first-order valence-corrected chi connectivity index (χ1v) is 10.3. The van der Waals surface area contributed by atoms with Crippen molar-refractivity contribution in [2.24, 2.45) is 0 Å². The standard InChI is InChI=1S/C19H11Cl3F3N3OS/c20-11-3-1-10(2-4-11)15-8-16(19(23,24)25)28-18(27-15)30-9-17(29)26-14-6-5-12(21)7-13(14)22/h1-8H,9H2,(H,26,29). The molecule has 1 aromatic heterocycles. The van der Waals surface area contributed by atoms with E-state index in [1.54, 1.807) is 30.3 Å². The van der Waals surface area contributed by atoms with Crippen molar-refractivity contribution in [1.29, 1.82) is 0 Å². The van der Waals surface area contributed by atoms with Gasteiger partial charge in [0.1, 0.15) is 5.69 Å². The van der Waals surface area contributed by atoms with E-state index in [0.717, 1.165) is 17.8 Å². The van der Waals surface area contributed by atoms with Crippen LogP contribution in [0, 0.1) is 0 Å². The lowest BCUT2D eigenvalue weighted by Gasteiger charge is -2.11. The van der Waals surface area contributed by atoms with Crippen molar-refractivity contribution < 1.29 is 18.0 Å². The fourth-order valence-electron chi connectivity index (χ4n) is 2.31. The summed E-state index contributed by atoms with van der Waals surface area (Å²) in [5, 5.41) is 3.45. The van der Waals surface area contributed by atoms with Crippen LogP contribution < -0.4 is 5.32 Å². The van der Waals surface area contributed by atoms with Crippen molar-refractivity contribution in [3.05, 3.63) is 69.3 Å². The normalized spacial score (nSPS) is 11.4. The summed E-state index contributed by atoms with van der Waals surface area (Å²) in [7, 11) is 0. The predicted molar refractivity (Wildman–Crippen MR) is 113 cm³/mol. The van der Waals surface area contributed by atoms with Crippen molar-refractivity contribution in [1.82, 2.24) is 9.97 Å². The predicted octanol–water partition coefficient (Wildman–Crippen LogP) is 6.85. The molecule has 0 aliphatic rings. The van der Waals surface area contributed by atoms with Gasteiger partial charge in [-0.05, 0) is 36.4 Å². The summed E-state index contributed by atoms with van der Waals surface area (Å²) in [6.45, 7) is 0. The Bertz CT molecular complexity index is 1080. The zero-order valence-electron chi connectivity index (χ0n) is 14.8. The molecule has 1 N–H and O–H groups in total. The number of amides is 1. The van der Waals surface area contributed by atoms with Crippen LogP contribution in [0.15, 0.2) is 53.7 Å². The molecule has 0 fully saturated rings. The Hall–Kier alpha value is -2.00. The number of nitrogens with zero attached hydrogens (tertiary/aromatic N) is 2. The maximum Gasteiger partial charge on any atom is 0.433 e. The average molecular weight is 493 g/mol. The van der Waals surface area contributed by atoms with Crippen LogP contribution in [0.25, 0.3) is 11.3 Å². The van der Waals surface area contributed by atoms with Crippen molar-refractivity contribution in [3.8, 4) is 11.3 Å². The Balaban J connectivity index is 1.79. The Morgan fingerprint density at radius 1 is 0.967 bits per heavy atom. The van der Waals surface area contributed by atoms with Gasteiger partial charge in [-0.25, -0.2) is 9.97 Å². The number of rotatable bonds is 5. The molecular weight excluding hydrogens is 482 g/mol. The van der Waals surface area contributed by atoms with Gasteiger partial charge in [-0.2, -0.15) is 13.2 Å². The second-order valence-corrected chi connectivity index (χ2v) is 8.11. The highest BCUT2D eigenvalue weighted by molar-refractivity contribution is 7.99. The molecule has 4 nitrogen and oxygen atoms in total. The van der Waals surface area contributed by atoms with E-state index in [2.05, 4.69) is 15.3 Å². The smallest absolute Gasteiger partial charge is 0.324 e. The minimum atomic E-state index is -4.67. The molecule has 30 heavy (non-hydrogen) atoms. The van der Waals surface area contributed by atoms with Crippen LogP contribution in [0.1, 0.15) is 5.69 Å². The lowest BCUT2D eigenvalue weighted by Crippen LogP contribution is -2.15. The van der Waals surface area contributed by atoms with Gasteiger partial charge in [0.25, 0.3) is 0 Å². The summed E-state index contributed by atoms with van der Waals surface area (Å²) < 4.78 is 39.8. The van der Waals surface area contributed by atoms with Crippen molar-refractivity contribution in [3.63, 3.8) is 0 Å². The molecule has 3 rings (SSSR count). The van der Waals surface area contributed by atoms with Gasteiger partial charge in [0.15, 0.2) is 5.16 Å². The van der Waals surface area contributed by atoms with E-state index >= 15 is 0 Å². The van der Waals surface area contributed by atoms with Gasteiger partial charge in [-0.15, -0.1) is 0 Å². The number of halogens is 6. The van der Waals surface area contributed by atoms with E-state index in [4.69, 9.17) is 34.8 Å². The summed E-state index contributed by atoms with van der Waals surface area (Å²) in [4.78, 5) is 19.9. The number of carbonyl (C=O) groups excluding carboxylic acids is 1. The topological polar surface area (TPSA) is 54.9 Å². The van der Waals surface area contributed by atoms with Crippen LogP contribution in [0.5, 0.6) is 0 Å². The lowest BCUT2D eigenvalue weighted by atomic mass is 10.1. The molecule has 0 atom stereocenters. The molecule has 0 saturated heterocycles. The first-order valence-electron chi connectivity index (χ1n) is 8.22. The quantitative estimate of drug-likeness (QED) is 0.312. The Labute approximate surface area is 188 Å². The number of hydrogen-bond donors (Lipinski definition) is 1. The maximum atomic E-state index is 13.3. The first-order chi connectivity index (χ1) is 14.1. The third-order valence-corrected chi connectivity index (χ3v) is 5.32. The molecule has 2 aromatic carbocycles. The fourth-order valence-corrected chi connectivity index (χ4v) is 3.55. The van der Waals surface area contributed by atoms with Gasteiger partial charge < -0.3 is 5.32 Å². The highest BCUT2D eigenvalue weighted by Gasteiger charge is 2.34. The van der Waals surface area contributed by atoms with E-state index in [-0.39, 0.29) is 21.6 Å².